The van der Waals surface area contributed by atoms with Gasteiger partial charge < -0.3 is 4.74 Å². The highest BCUT2D eigenvalue weighted by Crippen LogP contribution is 2.25. The molecule has 0 N–H and O–H groups in total. The highest BCUT2D eigenvalue weighted by atomic mass is 35.5. The molecule has 88 valence electrons. The summed E-state index contributed by atoms with van der Waals surface area (Å²) >= 11 is 11.5. The van der Waals surface area contributed by atoms with Crippen LogP contribution in [-0.4, -0.2) is 9.97 Å². The van der Waals surface area contributed by atoms with E-state index >= 15 is 0 Å². The van der Waals surface area contributed by atoms with Crippen LogP contribution in [0, 0.1) is 6.92 Å². The second kappa shape index (κ2) is 5.34. The third kappa shape index (κ3) is 3.08. The van der Waals surface area contributed by atoms with E-state index in [0.717, 1.165) is 5.56 Å². The number of benzene rings is 1. The maximum Gasteiger partial charge on any atom is 0.238 e. The molecule has 2 rings (SSSR count). The molecule has 3 nitrogen and oxygen atoms in total. The van der Waals surface area contributed by atoms with Crippen LogP contribution in [0.3, 0.4) is 0 Å². The van der Waals surface area contributed by atoms with Crippen LogP contribution < -0.4 is 4.74 Å². The van der Waals surface area contributed by atoms with Gasteiger partial charge in [-0.15, -0.1) is 11.6 Å². The number of hydrogen-bond acceptors (Lipinski definition) is 3. The van der Waals surface area contributed by atoms with Gasteiger partial charge in [0.05, 0.1) is 17.8 Å². The number of aryl methyl sites for hydroxylation is 1. The van der Waals surface area contributed by atoms with Gasteiger partial charge in [0, 0.05) is 11.2 Å². The van der Waals surface area contributed by atoms with E-state index in [1.165, 1.54) is 0 Å². The zero-order chi connectivity index (χ0) is 12.3. The molecule has 1 aromatic carbocycles. The van der Waals surface area contributed by atoms with Gasteiger partial charge in [-0.1, -0.05) is 11.6 Å². The molecule has 0 aliphatic carbocycles. The van der Waals surface area contributed by atoms with Crippen LogP contribution in [0.1, 0.15) is 11.3 Å². The van der Waals surface area contributed by atoms with Crippen LogP contribution in [-0.2, 0) is 5.88 Å². The first-order valence-electron chi connectivity index (χ1n) is 5.00. The van der Waals surface area contributed by atoms with E-state index in [4.69, 9.17) is 27.9 Å². The zero-order valence-electron chi connectivity index (χ0n) is 9.15. The Labute approximate surface area is 109 Å². The number of alkyl halides is 1. The maximum atomic E-state index is 5.87. The number of halogens is 2. The van der Waals surface area contributed by atoms with Crippen LogP contribution in [0.15, 0.2) is 30.6 Å². The average molecular weight is 269 g/mol. The van der Waals surface area contributed by atoms with E-state index in [1.807, 2.05) is 13.0 Å². The molecule has 17 heavy (non-hydrogen) atoms. The van der Waals surface area contributed by atoms with Crippen molar-refractivity contribution in [3.05, 3.63) is 46.9 Å². The predicted molar refractivity (Wildman–Crippen MR) is 67.9 cm³/mol. The minimum atomic E-state index is 0.309. The summed E-state index contributed by atoms with van der Waals surface area (Å²) in [6.07, 6.45) is 3.15. The molecule has 0 bridgehead atoms. The smallest absolute Gasteiger partial charge is 0.238 e. The van der Waals surface area contributed by atoms with Crippen molar-refractivity contribution in [3.8, 4) is 11.6 Å². The van der Waals surface area contributed by atoms with Gasteiger partial charge in [0.1, 0.15) is 5.75 Å². The van der Waals surface area contributed by atoms with Crippen LogP contribution >= 0.6 is 23.2 Å². The Morgan fingerprint density at radius 3 is 2.82 bits per heavy atom. The molecule has 1 heterocycles. The number of nitrogens with zero attached hydrogens (tertiary/aromatic N) is 2. The maximum absolute atomic E-state index is 5.87. The fourth-order valence-corrected chi connectivity index (χ4v) is 1.70. The molecular weight excluding hydrogens is 259 g/mol. The topological polar surface area (TPSA) is 35.0 Å². The number of rotatable bonds is 3. The van der Waals surface area contributed by atoms with Crippen molar-refractivity contribution >= 4 is 23.2 Å². The summed E-state index contributed by atoms with van der Waals surface area (Å²) in [6.45, 7) is 1.92. The van der Waals surface area contributed by atoms with Gasteiger partial charge in [-0.25, -0.2) is 4.98 Å². The Morgan fingerprint density at radius 2 is 2.12 bits per heavy atom. The Morgan fingerprint density at radius 1 is 1.29 bits per heavy atom. The molecule has 0 spiro atoms. The molecule has 0 aliphatic rings. The van der Waals surface area contributed by atoms with Crippen LogP contribution in [0.5, 0.6) is 11.6 Å². The summed E-state index contributed by atoms with van der Waals surface area (Å²) in [5.41, 5.74) is 1.62. The van der Waals surface area contributed by atoms with Gasteiger partial charge in [-0.3, -0.25) is 4.98 Å². The molecule has 0 fully saturated rings. The van der Waals surface area contributed by atoms with E-state index in [2.05, 4.69) is 9.97 Å². The van der Waals surface area contributed by atoms with Crippen LogP contribution in [0.25, 0.3) is 0 Å². The van der Waals surface area contributed by atoms with E-state index in [-0.39, 0.29) is 0 Å². The van der Waals surface area contributed by atoms with Crippen molar-refractivity contribution in [1.82, 2.24) is 9.97 Å². The normalized spacial score (nSPS) is 10.3. The second-order valence-electron chi connectivity index (χ2n) is 3.49. The second-order valence-corrected chi connectivity index (χ2v) is 4.20. The molecule has 2 aromatic rings. The van der Waals surface area contributed by atoms with Gasteiger partial charge in [0.15, 0.2) is 0 Å². The molecule has 0 aliphatic heterocycles. The summed E-state index contributed by atoms with van der Waals surface area (Å²) in [4.78, 5) is 8.20. The number of ether oxygens (including phenoxy) is 1. The lowest BCUT2D eigenvalue weighted by Gasteiger charge is -2.08. The monoisotopic (exact) mass is 268 g/mol. The van der Waals surface area contributed by atoms with Crippen molar-refractivity contribution in [2.45, 2.75) is 12.8 Å². The Hall–Kier alpha value is -1.32. The molecule has 0 unspecified atom stereocenters. The first-order valence-corrected chi connectivity index (χ1v) is 5.91. The van der Waals surface area contributed by atoms with E-state index in [9.17, 15) is 0 Å². The minimum Gasteiger partial charge on any atom is -0.437 e. The summed E-state index contributed by atoms with van der Waals surface area (Å²) in [5, 5.41) is 0.676. The first-order chi connectivity index (χ1) is 8.19. The molecular formula is C12H10Cl2N2O. The highest BCUT2D eigenvalue weighted by molar-refractivity contribution is 6.30. The fraction of sp³-hybridized carbons (Fsp3) is 0.167. The first kappa shape index (κ1) is 12.1. The predicted octanol–water partition coefficient (Wildman–Crippen LogP) is 3.97. The molecule has 0 saturated carbocycles. The van der Waals surface area contributed by atoms with Crippen molar-refractivity contribution < 1.29 is 4.74 Å². The molecule has 0 saturated heterocycles. The van der Waals surface area contributed by atoms with Crippen LogP contribution in [0.2, 0.25) is 5.02 Å². The lowest BCUT2D eigenvalue weighted by Crippen LogP contribution is -1.94. The largest absolute Gasteiger partial charge is 0.437 e. The SMILES string of the molecule is Cc1cc(Cl)ccc1Oc1cncc(CCl)n1. The van der Waals surface area contributed by atoms with Crippen molar-refractivity contribution in [3.63, 3.8) is 0 Å². The standard InChI is InChI=1S/C12H10Cl2N2O/c1-8-4-9(14)2-3-11(8)17-12-7-15-6-10(5-13)16-12/h2-4,6-7H,5H2,1H3. The van der Waals surface area contributed by atoms with Gasteiger partial charge >= 0.3 is 0 Å². The summed E-state index contributed by atoms with van der Waals surface area (Å²) in [5.74, 6) is 1.44. The van der Waals surface area contributed by atoms with Crippen molar-refractivity contribution in [1.29, 1.82) is 0 Å². The fourth-order valence-electron chi connectivity index (χ4n) is 1.34. The molecule has 0 atom stereocenters. The third-order valence-corrected chi connectivity index (χ3v) is 2.66. The van der Waals surface area contributed by atoms with Gasteiger partial charge in [0.2, 0.25) is 5.88 Å². The molecule has 5 heteroatoms. The lowest BCUT2D eigenvalue weighted by molar-refractivity contribution is 0.455. The number of hydrogen-bond donors (Lipinski definition) is 0. The lowest BCUT2D eigenvalue weighted by atomic mass is 10.2. The minimum absolute atomic E-state index is 0.309. The van der Waals surface area contributed by atoms with Crippen molar-refractivity contribution in [2.75, 3.05) is 0 Å². The van der Waals surface area contributed by atoms with Crippen LogP contribution in [0.4, 0.5) is 0 Å². The van der Waals surface area contributed by atoms with E-state index in [0.29, 0.717) is 28.2 Å². The molecule has 1 aromatic heterocycles. The molecule has 0 radical (unpaired) electrons. The van der Waals surface area contributed by atoms with E-state index in [1.54, 1.807) is 24.5 Å². The Kier molecular flexibility index (Phi) is 3.82. The average Bonchev–Trinajstić information content (AvgIpc) is 2.33. The highest BCUT2D eigenvalue weighted by Gasteiger charge is 2.04. The summed E-state index contributed by atoms with van der Waals surface area (Å²) in [7, 11) is 0. The summed E-state index contributed by atoms with van der Waals surface area (Å²) in [6, 6.07) is 5.39. The number of aromatic nitrogens is 2. The Balaban J connectivity index is 2.25. The summed E-state index contributed by atoms with van der Waals surface area (Å²) < 4.78 is 5.62. The molecule has 0 amide bonds. The quantitative estimate of drug-likeness (QED) is 0.791. The third-order valence-electron chi connectivity index (χ3n) is 2.15. The van der Waals surface area contributed by atoms with Gasteiger partial charge in [0.25, 0.3) is 0 Å². The zero-order valence-corrected chi connectivity index (χ0v) is 10.7. The van der Waals surface area contributed by atoms with Crippen molar-refractivity contribution in [2.24, 2.45) is 0 Å². The van der Waals surface area contributed by atoms with Gasteiger partial charge in [-0.05, 0) is 30.7 Å². The van der Waals surface area contributed by atoms with E-state index < -0.39 is 0 Å². The Bertz CT molecular complexity index is 532. The van der Waals surface area contributed by atoms with Gasteiger partial charge in [-0.2, -0.15) is 0 Å².